The van der Waals surface area contributed by atoms with E-state index in [-0.39, 0.29) is 19.6 Å². The number of hydrogen-bond donors (Lipinski definition) is 2. The molecular formula is C20H23N3O6. The lowest BCUT2D eigenvalue weighted by molar-refractivity contribution is -0.144. The fourth-order valence-electron chi connectivity index (χ4n) is 2.40. The van der Waals surface area contributed by atoms with E-state index in [1.54, 1.807) is 18.3 Å². The van der Waals surface area contributed by atoms with Crippen LogP contribution >= 0.6 is 0 Å². The van der Waals surface area contributed by atoms with Gasteiger partial charge in [0.25, 0.3) is 0 Å². The first-order valence-electron chi connectivity index (χ1n) is 8.82. The third-order valence-corrected chi connectivity index (χ3v) is 3.87. The average molecular weight is 401 g/mol. The molecule has 0 aliphatic carbocycles. The van der Waals surface area contributed by atoms with Gasteiger partial charge in [0.1, 0.15) is 19.2 Å². The van der Waals surface area contributed by atoms with Crippen LogP contribution in [-0.2, 0) is 32.1 Å². The van der Waals surface area contributed by atoms with E-state index in [1.165, 1.54) is 14.2 Å². The number of alkyl carbamates (subject to hydrolysis) is 1. The molecule has 1 heterocycles. The molecule has 2 N–H and O–H groups in total. The first kappa shape index (κ1) is 21.7. The summed E-state index contributed by atoms with van der Waals surface area (Å²) in [6.07, 6.45) is 0.978. The quantitative estimate of drug-likeness (QED) is 0.607. The predicted octanol–water partition coefficient (Wildman–Crippen LogP) is 1.22. The molecule has 9 heteroatoms. The second kappa shape index (κ2) is 11.3. The Morgan fingerprint density at radius 1 is 1.03 bits per heavy atom. The zero-order valence-corrected chi connectivity index (χ0v) is 16.2. The molecule has 2 aromatic rings. The maximum absolute atomic E-state index is 12.1. The number of amides is 2. The predicted molar refractivity (Wildman–Crippen MR) is 103 cm³/mol. The summed E-state index contributed by atoms with van der Waals surface area (Å²) in [5.74, 6) is -0.732. The van der Waals surface area contributed by atoms with Gasteiger partial charge in [-0.2, -0.15) is 0 Å². The fourth-order valence-corrected chi connectivity index (χ4v) is 2.40. The number of hydrogen-bond acceptors (Lipinski definition) is 7. The lowest BCUT2D eigenvalue weighted by Crippen LogP contribution is -2.47. The van der Waals surface area contributed by atoms with E-state index in [0.29, 0.717) is 11.4 Å². The van der Waals surface area contributed by atoms with E-state index >= 15 is 0 Å². The molecule has 0 radical (unpaired) electrons. The minimum atomic E-state index is -0.926. The van der Waals surface area contributed by atoms with Crippen LogP contribution in [0, 0.1) is 0 Å². The smallest absolute Gasteiger partial charge is 0.407 e. The van der Waals surface area contributed by atoms with Gasteiger partial charge in [-0.15, -0.1) is 0 Å². The van der Waals surface area contributed by atoms with Gasteiger partial charge >= 0.3 is 12.1 Å². The number of carbonyl (C=O) groups excluding carboxylic acids is 3. The van der Waals surface area contributed by atoms with E-state index in [9.17, 15) is 14.4 Å². The van der Waals surface area contributed by atoms with Crippen molar-refractivity contribution in [3.63, 3.8) is 0 Å². The molecule has 154 valence electrons. The van der Waals surface area contributed by atoms with Gasteiger partial charge in [0.2, 0.25) is 11.8 Å². The van der Waals surface area contributed by atoms with Crippen LogP contribution in [0.15, 0.2) is 48.7 Å². The Bertz CT molecular complexity index is 811. The summed E-state index contributed by atoms with van der Waals surface area (Å²) in [5, 5.41) is 4.87. The topological polar surface area (TPSA) is 116 Å². The van der Waals surface area contributed by atoms with Gasteiger partial charge < -0.3 is 24.8 Å². The van der Waals surface area contributed by atoms with Gasteiger partial charge in [-0.1, -0.05) is 36.4 Å². The largest absolute Gasteiger partial charge is 0.481 e. The molecule has 2 amide bonds. The number of nitrogens with zero attached hydrogens (tertiary/aromatic N) is 1. The van der Waals surface area contributed by atoms with Gasteiger partial charge in [0.15, 0.2) is 0 Å². The highest BCUT2D eigenvalue weighted by Crippen LogP contribution is 2.09. The molecule has 0 saturated heterocycles. The highest BCUT2D eigenvalue weighted by Gasteiger charge is 2.22. The Hall–Kier alpha value is -3.62. The number of nitrogens with one attached hydrogen (secondary N) is 2. The maximum Gasteiger partial charge on any atom is 0.407 e. The van der Waals surface area contributed by atoms with Crippen molar-refractivity contribution in [2.75, 3.05) is 20.8 Å². The summed E-state index contributed by atoms with van der Waals surface area (Å²) < 4.78 is 14.7. The third kappa shape index (κ3) is 7.49. The number of aromatic nitrogens is 1. The van der Waals surface area contributed by atoms with Crippen molar-refractivity contribution >= 4 is 18.0 Å². The Labute approximate surface area is 168 Å². The van der Waals surface area contributed by atoms with Crippen molar-refractivity contribution in [2.24, 2.45) is 0 Å². The van der Waals surface area contributed by atoms with Crippen LogP contribution in [0.4, 0.5) is 4.79 Å². The van der Waals surface area contributed by atoms with Crippen molar-refractivity contribution in [2.45, 2.75) is 19.1 Å². The van der Waals surface area contributed by atoms with Crippen molar-refractivity contribution in [3.8, 4) is 5.88 Å². The minimum Gasteiger partial charge on any atom is -0.481 e. The first-order valence-corrected chi connectivity index (χ1v) is 8.82. The van der Waals surface area contributed by atoms with Gasteiger partial charge in [-0.25, -0.2) is 14.6 Å². The number of esters is 1. The van der Waals surface area contributed by atoms with E-state index in [2.05, 4.69) is 15.6 Å². The van der Waals surface area contributed by atoms with E-state index < -0.39 is 24.0 Å². The van der Waals surface area contributed by atoms with Gasteiger partial charge in [0.05, 0.1) is 14.2 Å². The Kier molecular flexibility index (Phi) is 8.43. The summed E-state index contributed by atoms with van der Waals surface area (Å²) in [4.78, 5) is 39.9. The van der Waals surface area contributed by atoms with Gasteiger partial charge in [-0.05, 0) is 11.1 Å². The molecule has 1 aromatic heterocycles. The third-order valence-electron chi connectivity index (χ3n) is 3.87. The summed E-state index contributed by atoms with van der Waals surface area (Å²) in [5.41, 5.74) is 1.53. The lowest BCUT2D eigenvalue weighted by Gasteiger charge is -2.17. The summed E-state index contributed by atoms with van der Waals surface area (Å²) in [6.45, 7) is -0.258. The molecule has 0 saturated carbocycles. The average Bonchev–Trinajstić information content (AvgIpc) is 2.76. The molecule has 0 aliphatic rings. The van der Waals surface area contributed by atoms with E-state index in [4.69, 9.17) is 14.2 Å². The van der Waals surface area contributed by atoms with Crippen LogP contribution in [0.1, 0.15) is 11.1 Å². The Balaban J connectivity index is 1.82. The van der Waals surface area contributed by atoms with Crippen LogP contribution in [-0.4, -0.2) is 49.8 Å². The number of methoxy groups -OCH3 is 2. The van der Waals surface area contributed by atoms with Crippen molar-refractivity contribution < 1.29 is 28.6 Å². The lowest BCUT2D eigenvalue weighted by atomic mass is 10.1. The van der Waals surface area contributed by atoms with Crippen LogP contribution in [0.3, 0.4) is 0 Å². The number of pyridine rings is 1. The Morgan fingerprint density at radius 2 is 1.79 bits per heavy atom. The molecule has 0 spiro atoms. The molecule has 29 heavy (non-hydrogen) atoms. The first-order chi connectivity index (χ1) is 14.0. The highest BCUT2D eigenvalue weighted by atomic mass is 16.5. The minimum absolute atomic E-state index is 0.0869. The highest BCUT2D eigenvalue weighted by molar-refractivity contribution is 5.87. The molecule has 1 atom stereocenters. The normalized spacial score (nSPS) is 11.1. The molecule has 0 unspecified atom stereocenters. The molecule has 2 rings (SSSR count). The summed E-state index contributed by atoms with van der Waals surface area (Å²) >= 11 is 0. The number of ether oxygens (including phenoxy) is 3. The van der Waals surface area contributed by atoms with E-state index in [1.807, 2.05) is 30.3 Å². The zero-order chi connectivity index (χ0) is 21.1. The van der Waals surface area contributed by atoms with Crippen LogP contribution in [0.2, 0.25) is 0 Å². The maximum atomic E-state index is 12.1. The molecule has 1 aromatic carbocycles. The summed E-state index contributed by atoms with van der Waals surface area (Å²) in [7, 11) is 2.73. The van der Waals surface area contributed by atoms with Crippen LogP contribution in [0.25, 0.3) is 0 Å². The van der Waals surface area contributed by atoms with Gasteiger partial charge in [0, 0.05) is 18.7 Å². The second-order valence-corrected chi connectivity index (χ2v) is 5.97. The zero-order valence-electron chi connectivity index (χ0n) is 16.2. The second-order valence-electron chi connectivity index (χ2n) is 5.97. The standard InChI is InChI=1S/C20H23N3O6/c1-27-18-9-8-15(11-21-18)10-16(19(25)28-2)23-17(24)12-22-20(26)29-13-14-6-4-3-5-7-14/h3-9,11,16H,10,12-13H2,1-2H3,(H,22,26)(H,23,24)/t16-/m1/s1. The number of carbonyl (C=O) groups is 3. The van der Waals surface area contributed by atoms with Crippen molar-refractivity contribution in [1.29, 1.82) is 0 Å². The molecule has 0 aliphatic heterocycles. The van der Waals surface area contributed by atoms with E-state index in [0.717, 1.165) is 5.56 Å². The molecule has 0 fully saturated rings. The number of rotatable bonds is 9. The molecule has 9 nitrogen and oxygen atoms in total. The van der Waals surface area contributed by atoms with Crippen LogP contribution in [0.5, 0.6) is 5.88 Å². The summed E-state index contributed by atoms with van der Waals surface area (Å²) in [6, 6.07) is 11.6. The SMILES string of the molecule is COC(=O)[C@@H](Cc1ccc(OC)nc1)NC(=O)CNC(=O)OCc1ccccc1. The van der Waals surface area contributed by atoms with Crippen molar-refractivity contribution in [1.82, 2.24) is 15.6 Å². The Morgan fingerprint density at radius 3 is 2.41 bits per heavy atom. The van der Waals surface area contributed by atoms with Crippen LogP contribution < -0.4 is 15.4 Å². The van der Waals surface area contributed by atoms with Crippen molar-refractivity contribution in [3.05, 3.63) is 59.8 Å². The molecular weight excluding hydrogens is 378 g/mol. The fraction of sp³-hybridized carbons (Fsp3) is 0.300. The van der Waals surface area contributed by atoms with Gasteiger partial charge in [-0.3, -0.25) is 4.79 Å². The monoisotopic (exact) mass is 401 g/mol. The molecule has 0 bridgehead atoms. The number of benzene rings is 1.